The standard InChI is InChI=1S/C24H22N4O5/c1-13-17(14(2)27-19(13)24(32)33-3)21(29)18-20(16-6-9-25-10-7-16)28(23(31)22(18)30)12-15-5-4-8-26-11-15/h4-11,20,27,29H,12H2,1-3H3/b21-18+/t20-/m0/s1. The van der Waals surface area contributed by atoms with Crippen LogP contribution in [0.5, 0.6) is 0 Å². The number of aromatic nitrogens is 3. The lowest BCUT2D eigenvalue weighted by Crippen LogP contribution is -2.29. The fraction of sp³-hybridized carbons (Fsp3) is 0.208. The van der Waals surface area contributed by atoms with Crippen LogP contribution in [0.25, 0.3) is 5.76 Å². The molecule has 0 radical (unpaired) electrons. The van der Waals surface area contributed by atoms with E-state index in [1.165, 1.54) is 12.0 Å². The van der Waals surface area contributed by atoms with Crippen LogP contribution < -0.4 is 0 Å². The second-order valence-corrected chi connectivity index (χ2v) is 7.69. The number of ketones is 1. The third kappa shape index (κ3) is 3.78. The summed E-state index contributed by atoms with van der Waals surface area (Å²) >= 11 is 0. The Morgan fingerprint density at radius 2 is 1.88 bits per heavy atom. The maximum absolute atomic E-state index is 13.2. The fourth-order valence-electron chi connectivity index (χ4n) is 4.17. The highest BCUT2D eigenvalue weighted by molar-refractivity contribution is 6.46. The van der Waals surface area contributed by atoms with Crippen LogP contribution in [0.15, 0.2) is 54.6 Å². The van der Waals surface area contributed by atoms with Gasteiger partial charge in [-0.25, -0.2) is 4.79 Å². The third-order valence-electron chi connectivity index (χ3n) is 5.70. The Kier molecular flexibility index (Phi) is 5.78. The van der Waals surface area contributed by atoms with Crippen molar-refractivity contribution in [1.82, 2.24) is 19.9 Å². The van der Waals surface area contributed by atoms with Crippen LogP contribution in [0.1, 0.15) is 44.5 Å². The van der Waals surface area contributed by atoms with E-state index >= 15 is 0 Å². The number of aromatic amines is 1. The van der Waals surface area contributed by atoms with Crippen molar-refractivity contribution in [3.63, 3.8) is 0 Å². The molecule has 9 heteroatoms. The number of nitrogens with zero attached hydrogens (tertiary/aromatic N) is 3. The average molecular weight is 446 g/mol. The lowest BCUT2D eigenvalue weighted by molar-refractivity contribution is -0.140. The van der Waals surface area contributed by atoms with Crippen LogP contribution in [0.2, 0.25) is 0 Å². The van der Waals surface area contributed by atoms with Gasteiger partial charge in [0.05, 0.1) is 18.7 Å². The Morgan fingerprint density at radius 1 is 1.15 bits per heavy atom. The first-order valence-corrected chi connectivity index (χ1v) is 10.2. The van der Waals surface area contributed by atoms with Gasteiger partial charge in [0.15, 0.2) is 0 Å². The summed E-state index contributed by atoms with van der Waals surface area (Å²) in [7, 11) is 1.25. The molecule has 1 fully saturated rings. The third-order valence-corrected chi connectivity index (χ3v) is 5.70. The van der Waals surface area contributed by atoms with E-state index in [-0.39, 0.29) is 29.1 Å². The number of aliphatic hydroxyl groups is 1. The number of rotatable bonds is 5. The highest BCUT2D eigenvalue weighted by Gasteiger charge is 2.46. The topological polar surface area (TPSA) is 125 Å². The van der Waals surface area contributed by atoms with Crippen molar-refractivity contribution in [2.45, 2.75) is 26.4 Å². The first-order valence-electron chi connectivity index (χ1n) is 10.2. The van der Waals surface area contributed by atoms with Crippen molar-refractivity contribution in [1.29, 1.82) is 0 Å². The van der Waals surface area contributed by atoms with Gasteiger partial charge >= 0.3 is 5.97 Å². The van der Waals surface area contributed by atoms with Gasteiger partial charge in [0.25, 0.3) is 11.7 Å². The molecule has 0 spiro atoms. The number of pyridine rings is 2. The molecule has 1 atom stereocenters. The number of likely N-dealkylation sites (tertiary alicyclic amines) is 1. The van der Waals surface area contributed by atoms with Gasteiger partial charge in [-0.05, 0) is 48.7 Å². The zero-order valence-corrected chi connectivity index (χ0v) is 18.3. The average Bonchev–Trinajstić information content (AvgIpc) is 3.27. The minimum absolute atomic E-state index is 0.0586. The fourth-order valence-corrected chi connectivity index (χ4v) is 4.17. The maximum Gasteiger partial charge on any atom is 0.354 e. The summed E-state index contributed by atoms with van der Waals surface area (Å²) in [6, 6.07) is 6.09. The van der Waals surface area contributed by atoms with E-state index in [1.807, 2.05) is 0 Å². The van der Waals surface area contributed by atoms with Gasteiger partial charge in [0, 0.05) is 42.6 Å². The van der Waals surface area contributed by atoms with Crippen LogP contribution in [-0.2, 0) is 20.9 Å². The largest absolute Gasteiger partial charge is 0.507 e. The van der Waals surface area contributed by atoms with E-state index in [1.54, 1.807) is 62.9 Å². The molecule has 1 aliphatic rings. The van der Waals surface area contributed by atoms with Gasteiger partial charge < -0.3 is 19.7 Å². The van der Waals surface area contributed by atoms with Gasteiger partial charge in [0.1, 0.15) is 11.5 Å². The summed E-state index contributed by atoms with van der Waals surface area (Å²) in [5, 5.41) is 11.3. The van der Waals surface area contributed by atoms with Gasteiger partial charge in [-0.2, -0.15) is 0 Å². The van der Waals surface area contributed by atoms with E-state index in [0.717, 1.165) is 5.56 Å². The quantitative estimate of drug-likeness (QED) is 0.267. The number of aliphatic hydroxyl groups excluding tert-OH is 1. The number of nitrogens with one attached hydrogen (secondary N) is 1. The lowest BCUT2D eigenvalue weighted by atomic mass is 9.94. The molecule has 4 rings (SSSR count). The molecule has 33 heavy (non-hydrogen) atoms. The highest BCUT2D eigenvalue weighted by atomic mass is 16.5. The van der Waals surface area contributed by atoms with Crippen molar-refractivity contribution in [3.8, 4) is 0 Å². The van der Waals surface area contributed by atoms with Crippen molar-refractivity contribution >= 4 is 23.4 Å². The Hall–Kier alpha value is -4.27. The number of H-pyrrole nitrogens is 1. The number of methoxy groups -OCH3 is 1. The number of esters is 1. The first kappa shape index (κ1) is 21.9. The normalized spacial score (nSPS) is 17.4. The molecule has 1 amide bonds. The summed E-state index contributed by atoms with van der Waals surface area (Å²) in [6.07, 6.45) is 6.35. The van der Waals surface area contributed by atoms with Crippen molar-refractivity contribution in [2.75, 3.05) is 7.11 Å². The van der Waals surface area contributed by atoms with E-state index in [0.29, 0.717) is 16.8 Å². The SMILES string of the molecule is COC(=O)c1[nH]c(C)c(/C(O)=C2\C(=O)C(=O)N(Cc3cccnc3)[C@H]2c2ccncc2)c1C. The van der Waals surface area contributed by atoms with Crippen molar-refractivity contribution in [3.05, 3.63) is 88.3 Å². The van der Waals surface area contributed by atoms with Crippen LogP contribution in [-0.4, -0.2) is 49.7 Å². The van der Waals surface area contributed by atoms with Crippen LogP contribution in [0.4, 0.5) is 0 Å². The Bertz CT molecular complexity index is 1260. The number of carbonyl (C=O) groups excluding carboxylic acids is 3. The molecule has 9 nitrogen and oxygen atoms in total. The Labute approximate surface area is 189 Å². The molecular weight excluding hydrogens is 424 g/mol. The zero-order chi connectivity index (χ0) is 23.7. The minimum Gasteiger partial charge on any atom is -0.507 e. The van der Waals surface area contributed by atoms with E-state index in [2.05, 4.69) is 15.0 Å². The summed E-state index contributed by atoms with van der Waals surface area (Å²) in [5.74, 6) is -2.50. The number of ether oxygens (including phenoxy) is 1. The summed E-state index contributed by atoms with van der Waals surface area (Å²) in [6.45, 7) is 3.43. The predicted molar refractivity (Wildman–Crippen MR) is 118 cm³/mol. The second kappa shape index (κ2) is 8.70. The summed E-state index contributed by atoms with van der Waals surface area (Å²) < 4.78 is 4.79. The van der Waals surface area contributed by atoms with Crippen molar-refractivity contribution < 1.29 is 24.2 Å². The van der Waals surface area contributed by atoms with E-state index < -0.39 is 23.7 Å². The van der Waals surface area contributed by atoms with Gasteiger partial charge in [-0.3, -0.25) is 19.6 Å². The Morgan fingerprint density at radius 3 is 2.52 bits per heavy atom. The molecule has 3 aromatic rings. The number of hydrogen-bond acceptors (Lipinski definition) is 7. The van der Waals surface area contributed by atoms with Gasteiger partial charge in [-0.15, -0.1) is 0 Å². The monoisotopic (exact) mass is 446 g/mol. The van der Waals surface area contributed by atoms with E-state index in [4.69, 9.17) is 4.74 Å². The van der Waals surface area contributed by atoms with Gasteiger partial charge in [0.2, 0.25) is 0 Å². The molecule has 2 N–H and O–H groups in total. The number of Topliss-reactive ketones (excluding diaryl/α,β-unsaturated/α-hetero) is 1. The zero-order valence-electron chi connectivity index (χ0n) is 18.3. The molecule has 1 saturated heterocycles. The molecule has 1 aliphatic heterocycles. The maximum atomic E-state index is 13.2. The molecule has 0 bridgehead atoms. The second-order valence-electron chi connectivity index (χ2n) is 7.69. The number of amides is 1. The predicted octanol–water partition coefficient (Wildman–Crippen LogP) is 2.83. The lowest BCUT2D eigenvalue weighted by Gasteiger charge is -2.25. The van der Waals surface area contributed by atoms with Gasteiger partial charge in [-0.1, -0.05) is 6.07 Å². The number of aryl methyl sites for hydroxylation is 1. The van der Waals surface area contributed by atoms with Crippen LogP contribution >= 0.6 is 0 Å². The first-order chi connectivity index (χ1) is 15.8. The molecule has 0 saturated carbocycles. The Balaban J connectivity index is 1.90. The number of hydrogen-bond donors (Lipinski definition) is 2. The van der Waals surface area contributed by atoms with Crippen LogP contribution in [0, 0.1) is 13.8 Å². The molecule has 0 aliphatic carbocycles. The smallest absolute Gasteiger partial charge is 0.354 e. The molecule has 0 unspecified atom stereocenters. The van der Waals surface area contributed by atoms with Crippen LogP contribution in [0.3, 0.4) is 0 Å². The highest BCUT2D eigenvalue weighted by Crippen LogP contribution is 2.41. The molecule has 3 aromatic heterocycles. The molecular formula is C24H22N4O5. The molecule has 168 valence electrons. The minimum atomic E-state index is -0.844. The van der Waals surface area contributed by atoms with E-state index in [9.17, 15) is 19.5 Å². The number of carbonyl (C=O) groups is 3. The summed E-state index contributed by atoms with van der Waals surface area (Å²) in [5.41, 5.74) is 2.64. The summed E-state index contributed by atoms with van der Waals surface area (Å²) in [4.78, 5) is 50.8. The molecule has 0 aromatic carbocycles. The molecule has 4 heterocycles. The van der Waals surface area contributed by atoms with Crippen molar-refractivity contribution in [2.24, 2.45) is 0 Å².